The molecule has 1 saturated carbocycles. The predicted molar refractivity (Wildman–Crippen MR) is 81.9 cm³/mol. The van der Waals surface area contributed by atoms with E-state index in [4.69, 9.17) is 9.47 Å². The molecular weight excluding hydrogens is 320 g/mol. The van der Waals surface area contributed by atoms with Crippen molar-refractivity contribution in [2.75, 3.05) is 27.3 Å². The fraction of sp³-hybridized carbons (Fsp3) is 0.588. The van der Waals surface area contributed by atoms with E-state index >= 15 is 0 Å². The largest absolute Gasteiger partial charge is 0.494 e. The molecule has 1 saturated heterocycles. The van der Waals surface area contributed by atoms with E-state index < -0.39 is 29.2 Å². The predicted octanol–water partition coefficient (Wildman–Crippen LogP) is 1.98. The summed E-state index contributed by atoms with van der Waals surface area (Å²) < 4.78 is 38.5. The fourth-order valence-electron chi connectivity index (χ4n) is 3.88. The van der Waals surface area contributed by atoms with Gasteiger partial charge in [0.05, 0.1) is 19.3 Å². The molecule has 2 fully saturated rings. The maximum absolute atomic E-state index is 14.3. The molecule has 7 heteroatoms. The highest BCUT2D eigenvalue weighted by molar-refractivity contribution is 5.95. The number of aliphatic hydroxyl groups is 1. The van der Waals surface area contributed by atoms with Crippen molar-refractivity contribution in [2.45, 2.75) is 31.5 Å². The topological polar surface area (TPSA) is 59.0 Å². The minimum atomic E-state index is -0.985. The molecule has 0 bridgehead atoms. The van der Waals surface area contributed by atoms with Gasteiger partial charge in [0, 0.05) is 32.0 Å². The van der Waals surface area contributed by atoms with E-state index in [9.17, 15) is 18.7 Å². The highest BCUT2D eigenvalue weighted by Gasteiger charge is 2.56. The molecule has 0 radical (unpaired) electrons. The quantitative estimate of drug-likeness (QED) is 0.913. The van der Waals surface area contributed by atoms with Gasteiger partial charge < -0.3 is 19.5 Å². The normalized spacial score (nSPS) is 25.5. The van der Waals surface area contributed by atoms with E-state index in [1.165, 1.54) is 12.0 Å². The number of halogens is 2. The first-order valence-electron chi connectivity index (χ1n) is 7.96. The summed E-state index contributed by atoms with van der Waals surface area (Å²) in [6.45, 7) is 0.650. The average Bonchev–Trinajstić information content (AvgIpc) is 2.59. The summed E-state index contributed by atoms with van der Waals surface area (Å²) in [6.07, 6.45) is 1.20. The molecule has 1 aromatic carbocycles. The van der Waals surface area contributed by atoms with Gasteiger partial charge in [-0.3, -0.25) is 4.79 Å². The van der Waals surface area contributed by atoms with E-state index in [-0.39, 0.29) is 17.3 Å². The second kappa shape index (κ2) is 6.29. The Labute approximate surface area is 139 Å². The Bertz CT molecular complexity index is 644. The number of nitrogens with zero attached hydrogens (tertiary/aromatic N) is 1. The molecule has 1 spiro atoms. The molecule has 1 aliphatic heterocycles. The van der Waals surface area contributed by atoms with Crippen LogP contribution in [0.5, 0.6) is 5.75 Å². The summed E-state index contributed by atoms with van der Waals surface area (Å²) in [5, 5.41) is 10.1. The molecule has 1 amide bonds. The number of carbonyl (C=O) groups excluding carboxylic acids is 1. The van der Waals surface area contributed by atoms with Crippen molar-refractivity contribution < 1.29 is 28.2 Å². The molecule has 1 aromatic rings. The summed E-state index contributed by atoms with van der Waals surface area (Å²) >= 11 is 0. The Morgan fingerprint density at radius 1 is 1.29 bits per heavy atom. The van der Waals surface area contributed by atoms with Gasteiger partial charge in [-0.15, -0.1) is 0 Å². The van der Waals surface area contributed by atoms with Crippen LogP contribution in [0.25, 0.3) is 0 Å². The molecule has 24 heavy (non-hydrogen) atoms. The SMILES string of the molecule is COc1ccc(F)c(C(=O)N2CCC3(CC2)C(O)CC3OC)c1F. The number of carbonyl (C=O) groups is 1. The van der Waals surface area contributed by atoms with Gasteiger partial charge in [-0.25, -0.2) is 8.78 Å². The third kappa shape index (κ3) is 2.46. The lowest BCUT2D eigenvalue weighted by Gasteiger charge is -2.56. The van der Waals surface area contributed by atoms with E-state index in [1.54, 1.807) is 7.11 Å². The van der Waals surface area contributed by atoms with E-state index in [0.29, 0.717) is 32.4 Å². The van der Waals surface area contributed by atoms with Crippen molar-refractivity contribution >= 4 is 5.91 Å². The lowest BCUT2D eigenvalue weighted by atomic mass is 9.58. The Hall–Kier alpha value is -1.73. The van der Waals surface area contributed by atoms with Gasteiger partial charge in [0.15, 0.2) is 11.6 Å². The Morgan fingerprint density at radius 3 is 2.50 bits per heavy atom. The summed E-state index contributed by atoms with van der Waals surface area (Å²) in [7, 11) is 2.87. The molecule has 3 rings (SSSR count). The van der Waals surface area contributed by atoms with Gasteiger partial charge in [0.1, 0.15) is 11.4 Å². The molecule has 0 aromatic heterocycles. The first-order valence-corrected chi connectivity index (χ1v) is 7.96. The number of hydrogen-bond acceptors (Lipinski definition) is 4. The summed E-state index contributed by atoms with van der Waals surface area (Å²) in [6, 6.07) is 2.18. The van der Waals surface area contributed by atoms with Crippen LogP contribution in [-0.4, -0.2) is 55.4 Å². The maximum atomic E-state index is 14.3. The zero-order chi connectivity index (χ0) is 17.5. The van der Waals surface area contributed by atoms with Crippen LogP contribution < -0.4 is 4.74 Å². The molecule has 1 aliphatic carbocycles. The Kier molecular flexibility index (Phi) is 4.48. The van der Waals surface area contributed by atoms with Crippen LogP contribution in [0.4, 0.5) is 8.78 Å². The molecule has 1 N–H and O–H groups in total. The van der Waals surface area contributed by atoms with Crippen LogP contribution in [-0.2, 0) is 4.74 Å². The standard InChI is InChI=1S/C17H21F2NO4/c1-23-11-4-3-10(18)14(15(11)19)16(22)20-7-5-17(6-8-20)12(21)9-13(17)24-2/h3-4,12-13,21H,5-9H2,1-2H3. The van der Waals surface area contributed by atoms with Crippen molar-refractivity contribution in [3.8, 4) is 5.75 Å². The third-order valence-corrected chi connectivity index (χ3v) is 5.50. The van der Waals surface area contributed by atoms with Crippen molar-refractivity contribution in [1.82, 2.24) is 4.90 Å². The van der Waals surface area contributed by atoms with Gasteiger partial charge in [0.2, 0.25) is 0 Å². The highest BCUT2D eigenvalue weighted by atomic mass is 19.1. The zero-order valence-electron chi connectivity index (χ0n) is 13.7. The monoisotopic (exact) mass is 341 g/mol. The average molecular weight is 341 g/mol. The van der Waals surface area contributed by atoms with E-state index in [0.717, 1.165) is 12.1 Å². The molecular formula is C17H21F2NO4. The van der Waals surface area contributed by atoms with Crippen molar-refractivity contribution in [3.05, 3.63) is 29.3 Å². The number of piperidine rings is 1. The number of methoxy groups -OCH3 is 2. The number of ether oxygens (including phenoxy) is 2. The van der Waals surface area contributed by atoms with Crippen LogP contribution in [0.3, 0.4) is 0 Å². The van der Waals surface area contributed by atoms with Gasteiger partial charge in [-0.2, -0.15) is 0 Å². The minimum Gasteiger partial charge on any atom is -0.494 e. The smallest absolute Gasteiger partial charge is 0.259 e. The van der Waals surface area contributed by atoms with Gasteiger partial charge in [-0.1, -0.05) is 0 Å². The summed E-state index contributed by atoms with van der Waals surface area (Å²) in [4.78, 5) is 14.0. The van der Waals surface area contributed by atoms with Crippen molar-refractivity contribution in [3.63, 3.8) is 0 Å². The summed E-state index contributed by atoms with van der Waals surface area (Å²) in [5.41, 5.74) is -0.945. The number of likely N-dealkylation sites (tertiary alicyclic amines) is 1. The molecule has 5 nitrogen and oxygen atoms in total. The fourth-order valence-corrected chi connectivity index (χ4v) is 3.88. The molecule has 132 valence electrons. The number of benzene rings is 1. The molecule has 2 aliphatic rings. The number of hydrogen-bond donors (Lipinski definition) is 1. The first-order chi connectivity index (χ1) is 11.4. The van der Waals surface area contributed by atoms with E-state index in [2.05, 4.69) is 0 Å². The van der Waals surface area contributed by atoms with Gasteiger partial charge >= 0.3 is 0 Å². The van der Waals surface area contributed by atoms with E-state index in [1.807, 2.05) is 0 Å². The lowest BCUT2D eigenvalue weighted by molar-refractivity contribution is -0.199. The van der Waals surface area contributed by atoms with Crippen LogP contribution in [0.15, 0.2) is 12.1 Å². The van der Waals surface area contributed by atoms with Crippen LogP contribution in [0, 0.1) is 17.0 Å². The summed E-state index contributed by atoms with van der Waals surface area (Å²) in [5.74, 6) is -2.75. The molecule has 2 atom stereocenters. The molecule has 2 unspecified atom stereocenters. The molecule has 1 heterocycles. The van der Waals surface area contributed by atoms with Crippen molar-refractivity contribution in [1.29, 1.82) is 0 Å². The number of aliphatic hydroxyl groups excluding tert-OH is 1. The van der Waals surface area contributed by atoms with Gasteiger partial charge in [0.25, 0.3) is 5.91 Å². The van der Waals surface area contributed by atoms with Gasteiger partial charge in [-0.05, 0) is 25.0 Å². The third-order valence-electron chi connectivity index (χ3n) is 5.50. The number of amides is 1. The Morgan fingerprint density at radius 2 is 1.96 bits per heavy atom. The highest BCUT2D eigenvalue weighted by Crippen LogP contribution is 2.50. The zero-order valence-corrected chi connectivity index (χ0v) is 13.7. The lowest BCUT2D eigenvalue weighted by Crippen LogP contribution is -2.62. The van der Waals surface area contributed by atoms with Crippen LogP contribution >= 0.6 is 0 Å². The van der Waals surface area contributed by atoms with Crippen molar-refractivity contribution in [2.24, 2.45) is 5.41 Å². The number of rotatable bonds is 3. The minimum absolute atomic E-state index is 0.0324. The van der Waals surface area contributed by atoms with Crippen LogP contribution in [0.1, 0.15) is 29.6 Å². The second-order valence-electron chi connectivity index (χ2n) is 6.44. The second-order valence-corrected chi connectivity index (χ2v) is 6.44. The first kappa shape index (κ1) is 17.1. The maximum Gasteiger partial charge on any atom is 0.259 e. The van der Waals surface area contributed by atoms with Crippen LogP contribution in [0.2, 0.25) is 0 Å². The Balaban J connectivity index is 1.77.